The molecule has 26 heavy (non-hydrogen) atoms. The van der Waals surface area contributed by atoms with E-state index >= 15 is 0 Å². The second-order valence-electron chi connectivity index (χ2n) is 6.08. The summed E-state index contributed by atoms with van der Waals surface area (Å²) in [6.45, 7) is 0. The molecular weight excluding hydrogens is 332 g/mol. The SMILES string of the molecule is Cn1nc(-c2c(N)c3c(c(N)c2C#N)C(=O)c2ccccc2C3=O)n1C. The number of nitriles is 1. The van der Waals surface area contributed by atoms with Crippen LogP contribution in [0, 0.1) is 11.3 Å². The Labute approximate surface area is 148 Å². The van der Waals surface area contributed by atoms with Crippen molar-refractivity contribution in [2.45, 2.75) is 0 Å². The van der Waals surface area contributed by atoms with Gasteiger partial charge in [-0.15, -0.1) is 5.10 Å². The van der Waals surface area contributed by atoms with Crippen molar-refractivity contribution in [3.63, 3.8) is 0 Å². The number of hydrogen-bond acceptors (Lipinski definition) is 6. The van der Waals surface area contributed by atoms with Crippen LogP contribution in [0.2, 0.25) is 0 Å². The molecule has 4 rings (SSSR count). The van der Waals surface area contributed by atoms with Crippen molar-refractivity contribution in [1.82, 2.24) is 14.6 Å². The van der Waals surface area contributed by atoms with Gasteiger partial charge in [0.15, 0.2) is 17.4 Å². The molecule has 8 nitrogen and oxygen atoms in total. The maximum atomic E-state index is 13.0. The van der Waals surface area contributed by atoms with E-state index in [0.717, 1.165) is 0 Å². The van der Waals surface area contributed by atoms with E-state index in [9.17, 15) is 14.9 Å². The summed E-state index contributed by atoms with van der Waals surface area (Å²) >= 11 is 0. The van der Waals surface area contributed by atoms with Gasteiger partial charge < -0.3 is 11.5 Å². The molecule has 0 atom stereocenters. The number of ketones is 2. The molecule has 2 aromatic carbocycles. The summed E-state index contributed by atoms with van der Waals surface area (Å²) in [5.74, 6) is -0.389. The third-order valence-electron chi connectivity index (χ3n) is 4.76. The van der Waals surface area contributed by atoms with Crippen molar-refractivity contribution in [2.24, 2.45) is 14.1 Å². The number of rotatable bonds is 1. The lowest BCUT2D eigenvalue weighted by atomic mass is 9.79. The Morgan fingerprint density at radius 3 is 1.96 bits per heavy atom. The third kappa shape index (κ3) is 1.74. The largest absolute Gasteiger partial charge is 0.397 e. The molecule has 1 aliphatic carbocycles. The summed E-state index contributed by atoms with van der Waals surface area (Å²) in [5, 5.41) is 13.8. The molecule has 0 fully saturated rings. The van der Waals surface area contributed by atoms with Crippen molar-refractivity contribution in [3.8, 4) is 17.5 Å². The fourth-order valence-corrected chi connectivity index (χ4v) is 3.34. The van der Waals surface area contributed by atoms with E-state index in [-0.39, 0.29) is 50.5 Å². The minimum atomic E-state index is -0.413. The fourth-order valence-electron chi connectivity index (χ4n) is 3.34. The number of nitrogens with zero attached hydrogens (tertiary/aromatic N) is 4. The predicted molar refractivity (Wildman–Crippen MR) is 94.5 cm³/mol. The average molecular weight is 346 g/mol. The van der Waals surface area contributed by atoms with Crippen molar-refractivity contribution in [1.29, 1.82) is 5.26 Å². The quantitative estimate of drug-likeness (QED) is 0.498. The van der Waals surface area contributed by atoms with Gasteiger partial charge in [0.25, 0.3) is 0 Å². The predicted octanol–water partition coefficient (Wildman–Crippen LogP) is 1.24. The fraction of sp³-hybridized carbons (Fsp3) is 0.111. The molecule has 0 unspecified atom stereocenters. The molecule has 1 aliphatic rings. The lowest BCUT2D eigenvalue weighted by Crippen LogP contribution is -2.28. The van der Waals surface area contributed by atoms with E-state index in [1.165, 1.54) is 0 Å². The molecule has 0 amide bonds. The summed E-state index contributed by atoms with van der Waals surface area (Å²) in [7, 11) is 3.46. The number of nitrogens with two attached hydrogens (primary N) is 2. The lowest BCUT2D eigenvalue weighted by Gasteiger charge is -2.25. The first-order valence-corrected chi connectivity index (χ1v) is 7.78. The van der Waals surface area contributed by atoms with E-state index in [1.807, 2.05) is 6.07 Å². The summed E-state index contributed by atoms with van der Waals surface area (Å²) in [6.07, 6.45) is 0. The molecule has 0 aliphatic heterocycles. The average Bonchev–Trinajstić information content (AvgIpc) is 2.65. The molecule has 8 heteroatoms. The van der Waals surface area contributed by atoms with Crippen LogP contribution in [0.1, 0.15) is 37.4 Å². The number of carbonyl (C=O) groups excluding carboxylic acids is 2. The van der Waals surface area contributed by atoms with Gasteiger partial charge >= 0.3 is 0 Å². The first-order valence-electron chi connectivity index (χ1n) is 7.78. The number of anilines is 2. The molecule has 0 saturated heterocycles. The van der Waals surface area contributed by atoms with Gasteiger partial charge in [-0.1, -0.05) is 24.3 Å². The number of fused-ring (bicyclic) bond motifs is 2. The van der Waals surface area contributed by atoms with Gasteiger partial charge in [-0.2, -0.15) is 5.26 Å². The van der Waals surface area contributed by atoms with Crippen LogP contribution in [0.5, 0.6) is 0 Å². The van der Waals surface area contributed by atoms with Crippen molar-refractivity contribution >= 4 is 22.9 Å². The smallest absolute Gasteiger partial charge is 0.196 e. The van der Waals surface area contributed by atoms with E-state index < -0.39 is 5.78 Å². The number of aromatic nitrogens is 3. The van der Waals surface area contributed by atoms with Gasteiger partial charge in [-0.25, -0.2) is 4.80 Å². The minimum absolute atomic E-state index is 0.0116. The monoisotopic (exact) mass is 346 g/mol. The summed E-state index contributed by atoms with van der Waals surface area (Å²) in [6, 6.07) is 8.49. The van der Waals surface area contributed by atoms with E-state index in [4.69, 9.17) is 11.5 Å². The van der Waals surface area contributed by atoms with Crippen LogP contribution in [0.4, 0.5) is 11.4 Å². The molecule has 0 saturated carbocycles. The van der Waals surface area contributed by atoms with Gasteiger partial charge in [0.2, 0.25) is 0 Å². The summed E-state index contributed by atoms with van der Waals surface area (Å²) in [5.41, 5.74) is 13.3. The van der Waals surface area contributed by atoms with Crippen LogP contribution in [0.3, 0.4) is 0 Å². The molecule has 3 aromatic rings. The Morgan fingerprint density at radius 2 is 1.50 bits per heavy atom. The van der Waals surface area contributed by atoms with Crippen LogP contribution >= 0.6 is 0 Å². The topological polar surface area (TPSA) is 133 Å². The third-order valence-corrected chi connectivity index (χ3v) is 4.76. The normalized spacial score (nSPS) is 12.7. The van der Waals surface area contributed by atoms with Crippen LogP contribution in [-0.4, -0.2) is 26.1 Å². The molecule has 1 aromatic heterocycles. The van der Waals surface area contributed by atoms with Crippen molar-refractivity contribution < 1.29 is 9.59 Å². The second-order valence-corrected chi connectivity index (χ2v) is 6.08. The van der Waals surface area contributed by atoms with Crippen LogP contribution < -0.4 is 11.5 Å². The number of aryl methyl sites for hydroxylation is 1. The number of hydrogen-bond donors (Lipinski definition) is 2. The van der Waals surface area contributed by atoms with Gasteiger partial charge in [0.05, 0.1) is 33.6 Å². The van der Waals surface area contributed by atoms with Gasteiger partial charge in [0, 0.05) is 25.2 Å². The zero-order valence-corrected chi connectivity index (χ0v) is 14.1. The molecule has 0 spiro atoms. The van der Waals surface area contributed by atoms with E-state index in [2.05, 4.69) is 5.10 Å². The molecule has 0 radical (unpaired) electrons. The van der Waals surface area contributed by atoms with E-state index in [0.29, 0.717) is 5.82 Å². The highest BCUT2D eigenvalue weighted by Gasteiger charge is 2.37. The van der Waals surface area contributed by atoms with Crippen LogP contribution in [-0.2, 0) is 14.1 Å². The zero-order valence-electron chi connectivity index (χ0n) is 14.1. The van der Waals surface area contributed by atoms with Crippen LogP contribution in [0.15, 0.2) is 24.3 Å². The highest BCUT2D eigenvalue weighted by atomic mass is 16.1. The number of carbonyl (C=O) groups is 2. The Kier molecular flexibility index (Phi) is 3.05. The molecule has 1 heterocycles. The molecular formula is C18H14N6O2. The highest BCUT2D eigenvalue weighted by Crippen LogP contribution is 2.42. The van der Waals surface area contributed by atoms with Crippen molar-refractivity contribution in [2.75, 3.05) is 11.5 Å². The first-order chi connectivity index (χ1) is 12.4. The maximum Gasteiger partial charge on any atom is 0.196 e. The van der Waals surface area contributed by atoms with E-state index in [1.54, 1.807) is 47.8 Å². The van der Waals surface area contributed by atoms with Gasteiger partial charge in [0.1, 0.15) is 6.07 Å². The number of benzene rings is 2. The van der Waals surface area contributed by atoms with Gasteiger partial charge in [-0.05, 0) is 0 Å². The Hall–Kier alpha value is -3.86. The first kappa shape index (κ1) is 15.7. The Morgan fingerprint density at radius 1 is 0.962 bits per heavy atom. The molecule has 4 N–H and O–H groups in total. The minimum Gasteiger partial charge on any atom is -0.397 e. The Balaban J connectivity index is 2.12. The highest BCUT2D eigenvalue weighted by molar-refractivity contribution is 6.32. The summed E-state index contributed by atoms with van der Waals surface area (Å²) in [4.78, 5) is 27.5. The zero-order chi connectivity index (χ0) is 18.7. The maximum absolute atomic E-state index is 13.0. The van der Waals surface area contributed by atoms with Crippen molar-refractivity contribution in [3.05, 3.63) is 52.1 Å². The Bertz CT molecular complexity index is 1180. The standard InChI is InChI=1S/C18H14N6O2/c1-23-18(22-24(23)2)11-10(7-19)14(20)12-13(15(11)21)17(26)9-6-4-3-5-8(9)16(12)25/h3-6H,20-21H2,1-2H3. The molecule has 0 bridgehead atoms. The number of nitrogen functional groups attached to an aromatic ring is 2. The van der Waals surface area contributed by atoms with Crippen LogP contribution in [0.25, 0.3) is 11.4 Å². The lowest BCUT2D eigenvalue weighted by molar-refractivity contribution is 0.0980. The second kappa shape index (κ2) is 5.07. The summed E-state index contributed by atoms with van der Waals surface area (Å²) < 4.78 is 1.67. The van der Waals surface area contributed by atoms with Gasteiger partial charge in [-0.3, -0.25) is 14.3 Å². The molecule has 128 valence electrons.